The standard InChI is InChI=1S/C19H19NO/c1-19(2,3)16-8-6-14(7-9-16)17-10-11-18-15(13-21)5-4-12-20(17)18/h4-13H,1-3H3. The molecule has 0 saturated heterocycles. The molecule has 0 radical (unpaired) electrons. The second-order valence-electron chi connectivity index (χ2n) is 6.38. The molecular formula is C19H19NO. The SMILES string of the molecule is CC(C)(C)c1ccc(-c2ccc3c(C=O)cccn23)cc1. The Kier molecular flexibility index (Phi) is 3.17. The van der Waals surface area contributed by atoms with Crippen molar-refractivity contribution in [1.29, 1.82) is 0 Å². The van der Waals surface area contributed by atoms with Crippen molar-refractivity contribution >= 4 is 11.8 Å². The molecule has 3 aromatic rings. The van der Waals surface area contributed by atoms with Crippen molar-refractivity contribution in [1.82, 2.24) is 4.40 Å². The lowest BCUT2D eigenvalue weighted by Crippen LogP contribution is -2.10. The zero-order valence-electron chi connectivity index (χ0n) is 12.6. The van der Waals surface area contributed by atoms with Crippen molar-refractivity contribution in [3.63, 3.8) is 0 Å². The maximum Gasteiger partial charge on any atom is 0.152 e. The summed E-state index contributed by atoms with van der Waals surface area (Å²) in [6.07, 6.45) is 2.90. The highest BCUT2D eigenvalue weighted by Gasteiger charge is 2.14. The summed E-state index contributed by atoms with van der Waals surface area (Å²) in [7, 11) is 0. The Morgan fingerprint density at radius 1 is 0.952 bits per heavy atom. The van der Waals surface area contributed by atoms with E-state index in [0.717, 1.165) is 28.6 Å². The lowest BCUT2D eigenvalue weighted by Gasteiger charge is -2.19. The van der Waals surface area contributed by atoms with Gasteiger partial charge < -0.3 is 4.40 Å². The summed E-state index contributed by atoms with van der Waals surface area (Å²) in [5.74, 6) is 0. The third kappa shape index (κ3) is 2.38. The molecule has 0 N–H and O–H groups in total. The van der Waals surface area contributed by atoms with Gasteiger partial charge in [-0.25, -0.2) is 0 Å². The maximum absolute atomic E-state index is 11.1. The van der Waals surface area contributed by atoms with Crippen molar-refractivity contribution in [3.05, 3.63) is 65.9 Å². The van der Waals surface area contributed by atoms with E-state index in [-0.39, 0.29) is 5.41 Å². The number of hydrogen-bond donors (Lipinski definition) is 0. The van der Waals surface area contributed by atoms with Crippen LogP contribution in [0, 0.1) is 0 Å². The van der Waals surface area contributed by atoms with Gasteiger partial charge in [0.15, 0.2) is 6.29 Å². The lowest BCUT2D eigenvalue weighted by atomic mass is 9.86. The molecule has 2 nitrogen and oxygen atoms in total. The normalized spacial score (nSPS) is 11.8. The summed E-state index contributed by atoms with van der Waals surface area (Å²) < 4.78 is 2.07. The number of fused-ring (bicyclic) bond motifs is 1. The van der Waals surface area contributed by atoms with Crippen LogP contribution in [-0.4, -0.2) is 10.7 Å². The molecule has 0 unspecified atom stereocenters. The predicted octanol–water partition coefficient (Wildman–Crippen LogP) is 4.72. The van der Waals surface area contributed by atoms with Gasteiger partial charge in [0, 0.05) is 11.8 Å². The van der Waals surface area contributed by atoms with Crippen LogP contribution in [-0.2, 0) is 5.41 Å². The molecule has 0 aliphatic heterocycles. The summed E-state index contributed by atoms with van der Waals surface area (Å²) in [4.78, 5) is 11.1. The minimum Gasteiger partial charge on any atom is -0.316 e. The summed E-state index contributed by atoms with van der Waals surface area (Å²) >= 11 is 0. The highest BCUT2D eigenvalue weighted by molar-refractivity contribution is 5.87. The number of rotatable bonds is 2. The Morgan fingerprint density at radius 3 is 2.29 bits per heavy atom. The van der Waals surface area contributed by atoms with Crippen LogP contribution in [0.15, 0.2) is 54.7 Å². The summed E-state index contributed by atoms with van der Waals surface area (Å²) in [5.41, 5.74) is 5.41. The van der Waals surface area contributed by atoms with Crippen LogP contribution in [0.4, 0.5) is 0 Å². The highest BCUT2D eigenvalue weighted by Crippen LogP contribution is 2.27. The molecule has 3 rings (SSSR count). The molecular weight excluding hydrogens is 258 g/mol. The highest BCUT2D eigenvalue weighted by atomic mass is 16.1. The van der Waals surface area contributed by atoms with Crippen LogP contribution in [0.5, 0.6) is 0 Å². The second-order valence-corrected chi connectivity index (χ2v) is 6.38. The third-order valence-corrected chi connectivity index (χ3v) is 3.90. The first kappa shape index (κ1) is 13.6. The van der Waals surface area contributed by atoms with Gasteiger partial charge >= 0.3 is 0 Å². The third-order valence-electron chi connectivity index (χ3n) is 3.90. The quantitative estimate of drug-likeness (QED) is 0.621. The van der Waals surface area contributed by atoms with Gasteiger partial charge in [0.2, 0.25) is 0 Å². The van der Waals surface area contributed by atoms with Gasteiger partial charge in [0.1, 0.15) is 0 Å². The van der Waals surface area contributed by atoms with Gasteiger partial charge in [0.25, 0.3) is 0 Å². The number of carbonyl (C=O) groups is 1. The van der Waals surface area contributed by atoms with E-state index < -0.39 is 0 Å². The van der Waals surface area contributed by atoms with Crippen LogP contribution < -0.4 is 0 Å². The number of carbonyl (C=O) groups excluding carboxylic acids is 1. The summed E-state index contributed by atoms with van der Waals surface area (Å²) in [6.45, 7) is 6.64. The summed E-state index contributed by atoms with van der Waals surface area (Å²) in [5, 5.41) is 0. The van der Waals surface area contributed by atoms with E-state index in [1.165, 1.54) is 5.56 Å². The smallest absolute Gasteiger partial charge is 0.152 e. The van der Waals surface area contributed by atoms with Crippen LogP contribution in [0.3, 0.4) is 0 Å². The Bertz CT molecular complexity index is 789. The number of aldehydes is 1. The Balaban J connectivity index is 2.11. The fourth-order valence-corrected chi connectivity index (χ4v) is 2.64. The molecule has 0 aliphatic rings. The van der Waals surface area contributed by atoms with Crippen LogP contribution in [0.2, 0.25) is 0 Å². The number of aromatic nitrogens is 1. The number of pyridine rings is 1. The lowest BCUT2D eigenvalue weighted by molar-refractivity contribution is 0.112. The number of benzene rings is 1. The molecule has 106 valence electrons. The molecule has 0 bridgehead atoms. The first-order valence-electron chi connectivity index (χ1n) is 7.17. The topological polar surface area (TPSA) is 21.5 Å². The monoisotopic (exact) mass is 277 g/mol. The molecule has 0 fully saturated rings. The van der Waals surface area contributed by atoms with Gasteiger partial charge in [-0.3, -0.25) is 4.79 Å². The molecule has 0 amide bonds. The van der Waals surface area contributed by atoms with E-state index in [9.17, 15) is 4.79 Å². The Hall–Kier alpha value is -2.35. The Morgan fingerprint density at radius 2 is 1.67 bits per heavy atom. The minimum absolute atomic E-state index is 0.157. The van der Waals surface area contributed by atoms with Gasteiger partial charge in [-0.2, -0.15) is 0 Å². The molecule has 21 heavy (non-hydrogen) atoms. The van der Waals surface area contributed by atoms with Gasteiger partial charge in [-0.15, -0.1) is 0 Å². The predicted molar refractivity (Wildman–Crippen MR) is 86.9 cm³/mol. The number of hydrogen-bond acceptors (Lipinski definition) is 1. The zero-order valence-corrected chi connectivity index (χ0v) is 12.6. The zero-order chi connectivity index (χ0) is 15.0. The van der Waals surface area contributed by atoms with Crippen LogP contribution in [0.25, 0.3) is 16.8 Å². The fourth-order valence-electron chi connectivity index (χ4n) is 2.64. The van der Waals surface area contributed by atoms with Crippen molar-refractivity contribution < 1.29 is 4.79 Å². The number of nitrogens with zero attached hydrogens (tertiary/aromatic N) is 1. The van der Waals surface area contributed by atoms with E-state index in [4.69, 9.17) is 0 Å². The molecule has 2 heterocycles. The van der Waals surface area contributed by atoms with Gasteiger partial charge in [-0.05, 0) is 40.8 Å². The average Bonchev–Trinajstić information content (AvgIpc) is 2.90. The van der Waals surface area contributed by atoms with E-state index in [0.29, 0.717) is 0 Å². The molecule has 0 spiro atoms. The van der Waals surface area contributed by atoms with Crippen molar-refractivity contribution in [3.8, 4) is 11.3 Å². The largest absolute Gasteiger partial charge is 0.316 e. The van der Waals surface area contributed by atoms with Crippen LogP contribution >= 0.6 is 0 Å². The molecule has 0 saturated carbocycles. The van der Waals surface area contributed by atoms with Crippen LogP contribution in [0.1, 0.15) is 36.7 Å². The first-order chi connectivity index (χ1) is 10.0. The van der Waals surface area contributed by atoms with Crippen molar-refractivity contribution in [2.45, 2.75) is 26.2 Å². The maximum atomic E-state index is 11.1. The molecule has 2 aromatic heterocycles. The second kappa shape index (κ2) is 4.88. The average molecular weight is 277 g/mol. The first-order valence-corrected chi connectivity index (χ1v) is 7.17. The molecule has 0 atom stereocenters. The summed E-state index contributed by atoms with van der Waals surface area (Å²) in [6, 6.07) is 16.5. The molecule has 1 aromatic carbocycles. The van der Waals surface area contributed by atoms with Crippen molar-refractivity contribution in [2.75, 3.05) is 0 Å². The van der Waals surface area contributed by atoms with E-state index in [2.05, 4.69) is 55.5 Å². The van der Waals surface area contributed by atoms with E-state index >= 15 is 0 Å². The van der Waals surface area contributed by atoms with E-state index in [1.807, 2.05) is 24.4 Å². The molecule has 0 aliphatic carbocycles. The van der Waals surface area contributed by atoms with E-state index in [1.54, 1.807) is 0 Å². The van der Waals surface area contributed by atoms with Gasteiger partial charge in [0.05, 0.1) is 11.2 Å². The van der Waals surface area contributed by atoms with Gasteiger partial charge in [-0.1, -0.05) is 45.0 Å². The fraction of sp³-hybridized carbons (Fsp3) is 0.211. The molecule has 2 heteroatoms. The minimum atomic E-state index is 0.157. The Labute approximate surface area is 125 Å². The van der Waals surface area contributed by atoms with Crippen molar-refractivity contribution in [2.24, 2.45) is 0 Å².